The van der Waals surface area contributed by atoms with Crippen LogP contribution in [-0.2, 0) is 17.6 Å². The van der Waals surface area contributed by atoms with Gasteiger partial charge in [-0.3, -0.25) is 9.69 Å². The smallest absolute Gasteiger partial charge is 0.322 e. The molecule has 2 aliphatic rings. The highest BCUT2D eigenvalue weighted by Gasteiger charge is 2.32. The van der Waals surface area contributed by atoms with Crippen molar-refractivity contribution in [3.63, 3.8) is 0 Å². The maximum Gasteiger partial charge on any atom is 0.322 e. The molecule has 1 N–H and O–H groups in total. The van der Waals surface area contributed by atoms with Gasteiger partial charge in [-0.2, -0.15) is 0 Å². The molecule has 0 spiro atoms. The summed E-state index contributed by atoms with van der Waals surface area (Å²) in [6.07, 6.45) is 2.30. The van der Waals surface area contributed by atoms with Gasteiger partial charge >= 0.3 is 6.03 Å². The van der Waals surface area contributed by atoms with E-state index in [1.807, 2.05) is 42.2 Å². The molecule has 0 saturated carbocycles. The largest absolute Gasteiger partial charge is 0.339 e. The third-order valence-corrected chi connectivity index (χ3v) is 8.69. The van der Waals surface area contributed by atoms with E-state index in [0.29, 0.717) is 32.6 Å². The summed E-state index contributed by atoms with van der Waals surface area (Å²) in [4.78, 5) is 33.4. The third-order valence-electron chi connectivity index (χ3n) is 7.70. The van der Waals surface area contributed by atoms with Crippen molar-refractivity contribution in [3.8, 4) is 0 Å². The minimum atomic E-state index is -0.241. The number of benzene rings is 2. The number of carbonyl (C=O) groups is 2. The second-order valence-corrected chi connectivity index (χ2v) is 11.2. The van der Waals surface area contributed by atoms with E-state index in [-0.39, 0.29) is 29.8 Å². The molecular formula is C30H35FN4O2S. The van der Waals surface area contributed by atoms with E-state index in [9.17, 15) is 14.0 Å². The highest BCUT2D eigenvalue weighted by atomic mass is 32.1. The van der Waals surface area contributed by atoms with Gasteiger partial charge in [-0.25, -0.2) is 9.18 Å². The Morgan fingerprint density at radius 2 is 1.89 bits per heavy atom. The van der Waals surface area contributed by atoms with Crippen LogP contribution in [0.15, 0.2) is 60.0 Å². The molecule has 3 aromatic rings. The zero-order valence-corrected chi connectivity index (χ0v) is 22.8. The molecule has 2 atom stereocenters. The fraction of sp³-hybridized carbons (Fsp3) is 0.400. The molecule has 1 saturated heterocycles. The van der Waals surface area contributed by atoms with Gasteiger partial charge in [-0.15, -0.1) is 11.3 Å². The van der Waals surface area contributed by atoms with Crippen LogP contribution >= 0.6 is 11.3 Å². The van der Waals surface area contributed by atoms with Gasteiger partial charge in [-0.05, 0) is 72.2 Å². The van der Waals surface area contributed by atoms with Crippen LogP contribution in [0.3, 0.4) is 0 Å². The summed E-state index contributed by atoms with van der Waals surface area (Å²) in [6.45, 7) is 7.08. The number of halogens is 1. The van der Waals surface area contributed by atoms with Crippen molar-refractivity contribution in [1.82, 2.24) is 14.7 Å². The number of fused-ring (bicyclic) bond motifs is 1. The van der Waals surface area contributed by atoms with Crippen molar-refractivity contribution in [2.75, 3.05) is 38.0 Å². The first kappa shape index (κ1) is 26.4. The zero-order valence-electron chi connectivity index (χ0n) is 22.0. The number of nitrogens with zero attached hydrogens (tertiary/aromatic N) is 3. The highest BCUT2D eigenvalue weighted by Crippen LogP contribution is 2.38. The lowest BCUT2D eigenvalue weighted by atomic mass is 9.93. The van der Waals surface area contributed by atoms with Crippen LogP contribution in [0.2, 0.25) is 0 Å². The number of hydrogen-bond donors (Lipinski definition) is 1. The monoisotopic (exact) mass is 534 g/mol. The van der Waals surface area contributed by atoms with Crippen molar-refractivity contribution >= 4 is 29.0 Å². The van der Waals surface area contributed by atoms with Crippen molar-refractivity contribution in [1.29, 1.82) is 0 Å². The van der Waals surface area contributed by atoms with Crippen LogP contribution in [0.25, 0.3) is 0 Å². The maximum atomic E-state index is 14.1. The number of rotatable bonds is 6. The molecule has 2 unspecified atom stereocenters. The molecule has 0 bridgehead atoms. The Bertz CT molecular complexity index is 1280. The Labute approximate surface area is 228 Å². The summed E-state index contributed by atoms with van der Waals surface area (Å²) in [7, 11) is 0. The van der Waals surface area contributed by atoms with Gasteiger partial charge < -0.3 is 15.1 Å². The minimum Gasteiger partial charge on any atom is -0.339 e. The third kappa shape index (κ3) is 5.76. The summed E-state index contributed by atoms with van der Waals surface area (Å²) in [6, 6.07) is 16.6. The lowest BCUT2D eigenvalue weighted by Crippen LogP contribution is -2.56. The Kier molecular flexibility index (Phi) is 8.09. The molecule has 3 heterocycles. The van der Waals surface area contributed by atoms with E-state index in [2.05, 4.69) is 28.6 Å². The highest BCUT2D eigenvalue weighted by molar-refractivity contribution is 7.10. The topological polar surface area (TPSA) is 55.9 Å². The molecule has 38 heavy (non-hydrogen) atoms. The Morgan fingerprint density at radius 1 is 1.08 bits per heavy atom. The average molecular weight is 535 g/mol. The molecule has 1 fully saturated rings. The number of nitrogens with one attached hydrogen (secondary N) is 1. The first-order valence-electron chi connectivity index (χ1n) is 13.4. The molecule has 6 nitrogen and oxygen atoms in total. The summed E-state index contributed by atoms with van der Waals surface area (Å²) in [5.41, 5.74) is 4.15. The Balaban J connectivity index is 1.17. The minimum absolute atomic E-state index is 0.0423. The van der Waals surface area contributed by atoms with E-state index in [4.69, 9.17) is 0 Å². The number of thiophene rings is 1. The van der Waals surface area contributed by atoms with Gasteiger partial charge in [0.2, 0.25) is 5.91 Å². The number of anilines is 1. The average Bonchev–Trinajstić information content (AvgIpc) is 3.40. The van der Waals surface area contributed by atoms with E-state index in [0.717, 1.165) is 30.6 Å². The molecule has 5 rings (SSSR count). The van der Waals surface area contributed by atoms with Gasteiger partial charge in [0.15, 0.2) is 0 Å². The Morgan fingerprint density at radius 3 is 2.63 bits per heavy atom. The lowest BCUT2D eigenvalue weighted by Gasteiger charge is -2.40. The van der Waals surface area contributed by atoms with Gasteiger partial charge in [0.25, 0.3) is 0 Å². The number of amides is 3. The van der Waals surface area contributed by atoms with Crippen LogP contribution in [-0.4, -0.2) is 65.4 Å². The van der Waals surface area contributed by atoms with Gasteiger partial charge in [0, 0.05) is 55.8 Å². The van der Waals surface area contributed by atoms with Gasteiger partial charge in [0.05, 0.1) is 6.04 Å². The fourth-order valence-electron chi connectivity index (χ4n) is 5.58. The molecule has 2 aromatic carbocycles. The van der Waals surface area contributed by atoms with Crippen molar-refractivity contribution in [2.45, 2.75) is 45.2 Å². The van der Waals surface area contributed by atoms with E-state index < -0.39 is 0 Å². The second-order valence-electron chi connectivity index (χ2n) is 10.2. The molecule has 0 radical (unpaired) electrons. The molecule has 0 aliphatic carbocycles. The Hall–Kier alpha value is -3.23. The molecule has 1 aromatic heterocycles. The summed E-state index contributed by atoms with van der Waals surface area (Å²) in [5, 5.41) is 5.09. The second kappa shape index (κ2) is 11.7. The van der Waals surface area contributed by atoms with Gasteiger partial charge in [0.1, 0.15) is 5.82 Å². The number of hydrogen-bond acceptors (Lipinski definition) is 4. The van der Waals surface area contributed by atoms with E-state index in [1.165, 1.54) is 22.1 Å². The number of urea groups is 1. The normalized spacial score (nSPS) is 19.8. The molecular weight excluding hydrogens is 499 g/mol. The van der Waals surface area contributed by atoms with Crippen LogP contribution in [0.5, 0.6) is 0 Å². The van der Waals surface area contributed by atoms with Crippen molar-refractivity contribution < 1.29 is 14.0 Å². The SMILES string of the molecule is CCc1ccc(NC(=O)N2CCN(C(=O)CCN3CCc4sccc4C3c3cccc(F)c3)CC2C)cc1. The summed E-state index contributed by atoms with van der Waals surface area (Å²) < 4.78 is 14.1. The molecule has 3 amide bonds. The summed E-state index contributed by atoms with van der Waals surface area (Å²) >= 11 is 1.75. The number of piperazine rings is 1. The first-order chi connectivity index (χ1) is 18.4. The molecule has 200 valence electrons. The fourth-order valence-corrected chi connectivity index (χ4v) is 6.48. The number of carbonyl (C=O) groups excluding carboxylic acids is 2. The number of aryl methyl sites for hydroxylation is 1. The van der Waals surface area contributed by atoms with Crippen LogP contribution in [0.4, 0.5) is 14.9 Å². The molecule has 8 heteroatoms. The summed E-state index contributed by atoms with van der Waals surface area (Å²) in [5.74, 6) is -0.143. The van der Waals surface area contributed by atoms with Crippen LogP contribution < -0.4 is 5.32 Å². The van der Waals surface area contributed by atoms with Crippen LogP contribution in [0, 0.1) is 5.82 Å². The van der Waals surface area contributed by atoms with E-state index in [1.54, 1.807) is 28.4 Å². The van der Waals surface area contributed by atoms with Crippen LogP contribution in [0.1, 0.15) is 47.9 Å². The maximum absolute atomic E-state index is 14.1. The zero-order chi connectivity index (χ0) is 26.6. The quantitative estimate of drug-likeness (QED) is 0.451. The predicted octanol–water partition coefficient (Wildman–Crippen LogP) is 5.55. The van der Waals surface area contributed by atoms with E-state index >= 15 is 0 Å². The van der Waals surface area contributed by atoms with Crippen molar-refractivity contribution in [2.24, 2.45) is 0 Å². The van der Waals surface area contributed by atoms with Crippen molar-refractivity contribution in [3.05, 3.63) is 87.4 Å². The molecule has 2 aliphatic heterocycles. The lowest BCUT2D eigenvalue weighted by molar-refractivity contribution is -0.134. The van der Waals surface area contributed by atoms with Gasteiger partial charge in [-0.1, -0.05) is 31.2 Å². The first-order valence-corrected chi connectivity index (χ1v) is 14.3. The standard InChI is InChI=1S/C30H35FN4O2S/c1-3-22-7-9-25(10-8-22)32-30(37)35-17-16-34(20-21(35)2)28(36)12-15-33-14-11-27-26(13-18-38-27)29(33)23-5-4-6-24(31)19-23/h4-10,13,18-19,21,29H,3,11-12,14-17,20H2,1-2H3,(H,32,37). The predicted molar refractivity (Wildman–Crippen MR) is 150 cm³/mol.